The van der Waals surface area contributed by atoms with E-state index in [1.807, 2.05) is 0 Å². The number of fused-ring (bicyclic) bond motifs is 1. The molecule has 0 fully saturated rings. The number of carbonyl (C=O) groups excluding carboxylic acids is 2. The van der Waals surface area contributed by atoms with Gasteiger partial charge in [0.2, 0.25) is 0 Å². The van der Waals surface area contributed by atoms with Gasteiger partial charge in [0, 0.05) is 22.8 Å². The molecule has 140 valence electrons. The number of carbonyl (C=O) groups is 2. The maximum atomic E-state index is 14.2. The Labute approximate surface area is 159 Å². The number of rotatable bonds is 6. The second-order valence-corrected chi connectivity index (χ2v) is 6.77. The molecule has 0 aliphatic rings. The van der Waals surface area contributed by atoms with Crippen LogP contribution in [0.25, 0.3) is 10.1 Å². The van der Waals surface area contributed by atoms with Crippen LogP contribution in [0.2, 0.25) is 0 Å². The minimum atomic E-state index is -0.542. The van der Waals surface area contributed by atoms with Gasteiger partial charge >= 0.3 is 11.9 Å². The Hall–Kier alpha value is -2.77. The Bertz CT molecular complexity index is 978. The number of ether oxygens (including phenoxy) is 3. The van der Waals surface area contributed by atoms with Crippen molar-refractivity contribution < 1.29 is 28.2 Å². The highest BCUT2D eigenvalue weighted by Crippen LogP contribution is 2.34. The van der Waals surface area contributed by atoms with Crippen LogP contribution in [0.3, 0.4) is 0 Å². The number of thiophene rings is 1. The van der Waals surface area contributed by atoms with Gasteiger partial charge in [0.25, 0.3) is 0 Å². The first-order valence-corrected chi connectivity index (χ1v) is 8.90. The third-order valence-corrected chi connectivity index (χ3v) is 5.16. The molecule has 0 spiro atoms. The zero-order valence-electron chi connectivity index (χ0n) is 14.8. The standard InChI is InChI=1S/C20H17FO5S/c1-24-11-14-17-15(21)4-3-5-16(17)27-18(14)20(23)26-10-12-6-8-13(9-7-12)19(22)25-2/h3-9H,10-11H2,1-2H3. The number of benzene rings is 2. The van der Waals surface area contributed by atoms with E-state index >= 15 is 0 Å². The number of esters is 2. The summed E-state index contributed by atoms with van der Waals surface area (Å²) in [6, 6.07) is 11.3. The van der Waals surface area contributed by atoms with E-state index in [9.17, 15) is 14.0 Å². The van der Waals surface area contributed by atoms with Crippen LogP contribution >= 0.6 is 11.3 Å². The fourth-order valence-corrected chi connectivity index (χ4v) is 3.80. The average Bonchev–Trinajstić information content (AvgIpc) is 3.06. The van der Waals surface area contributed by atoms with Crippen molar-refractivity contribution in [1.82, 2.24) is 0 Å². The van der Waals surface area contributed by atoms with Crippen LogP contribution in [-0.2, 0) is 27.4 Å². The molecule has 0 saturated carbocycles. The highest BCUT2D eigenvalue weighted by molar-refractivity contribution is 7.21. The molecule has 0 amide bonds. The van der Waals surface area contributed by atoms with Gasteiger partial charge < -0.3 is 14.2 Å². The Morgan fingerprint density at radius 2 is 1.74 bits per heavy atom. The maximum Gasteiger partial charge on any atom is 0.349 e. The molecule has 3 aromatic rings. The van der Waals surface area contributed by atoms with Gasteiger partial charge in [-0.05, 0) is 29.8 Å². The Balaban J connectivity index is 1.79. The maximum absolute atomic E-state index is 14.2. The summed E-state index contributed by atoms with van der Waals surface area (Å²) in [4.78, 5) is 24.3. The molecule has 27 heavy (non-hydrogen) atoms. The molecule has 0 aliphatic carbocycles. The minimum absolute atomic E-state index is 0.0312. The Morgan fingerprint density at radius 3 is 2.41 bits per heavy atom. The van der Waals surface area contributed by atoms with Crippen molar-refractivity contribution in [3.8, 4) is 0 Å². The zero-order valence-corrected chi connectivity index (χ0v) is 15.6. The predicted molar refractivity (Wildman–Crippen MR) is 99.4 cm³/mol. The molecule has 0 saturated heterocycles. The fourth-order valence-electron chi connectivity index (χ4n) is 2.68. The van der Waals surface area contributed by atoms with E-state index in [1.165, 1.54) is 31.6 Å². The van der Waals surface area contributed by atoms with Gasteiger partial charge in [-0.25, -0.2) is 14.0 Å². The number of hydrogen-bond donors (Lipinski definition) is 0. The largest absolute Gasteiger partial charge is 0.465 e. The van der Waals surface area contributed by atoms with Crippen LogP contribution in [0.4, 0.5) is 4.39 Å². The summed E-state index contributed by atoms with van der Waals surface area (Å²) >= 11 is 1.17. The second kappa shape index (κ2) is 8.28. The van der Waals surface area contributed by atoms with Crippen molar-refractivity contribution in [2.24, 2.45) is 0 Å². The molecule has 3 rings (SSSR count). The molecular weight excluding hydrogens is 371 g/mol. The topological polar surface area (TPSA) is 61.8 Å². The van der Waals surface area contributed by atoms with Crippen molar-refractivity contribution in [2.45, 2.75) is 13.2 Å². The first-order chi connectivity index (χ1) is 13.0. The molecule has 0 aliphatic heterocycles. The lowest BCUT2D eigenvalue weighted by atomic mass is 10.1. The lowest BCUT2D eigenvalue weighted by molar-refractivity contribution is 0.0473. The van der Waals surface area contributed by atoms with E-state index in [2.05, 4.69) is 4.74 Å². The van der Waals surface area contributed by atoms with Crippen molar-refractivity contribution >= 4 is 33.4 Å². The van der Waals surface area contributed by atoms with Gasteiger partial charge in [-0.3, -0.25) is 0 Å². The zero-order chi connectivity index (χ0) is 19.4. The van der Waals surface area contributed by atoms with Crippen LogP contribution < -0.4 is 0 Å². The minimum Gasteiger partial charge on any atom is -0.465 e. The van der Waals surface area contributed by atoms with Crippen molar-refractivity contribution in [3.63, 3.8) is 0 Å². The van der Waals surface area contributed by atoms with E-state index < -0.39 is 17.8 Å². The van der Waals surface area contributed by atoms with Gasteiger partial charge in [0.05, 0.1) is 19.3 Å². The third-order valence-electron chi connectivity index (χ3n) is 3.98. The van der Waals surface area contributed by atoms with Gasteiger partial charge in [-0.15, -0.1) is 11.3 Å². The van der Waals surface area contributed by atoms with Crippen LogP contribution in [0.5, 0.6) is 0 Å². The average molecular weight is 388 g/mol. The fraction of sp³-hybridized carbons (Fsp3) is 0.200. The number of halogens is 1. The molecule has 0 bridgehead atoms. The summed E-state index contributed by atoms with van der Waals surface area (Å²) in [5, 5.41) is 0.388. The molecule has 2 aromatic carbocycles. The molecule has 0 radical (unpaired) electrons. The summed E-state index contributed by atoms with van der Waals surface area (Å²) < 4.78 is 30.0. The Kier molecular flexibility index (Phi) is 5.83. The van der Waals surface area contributed by atoms with E-state index in [0.29, 0.717) is 26.1 Å². The number of hydrogen-bond acceptors (Lipinski definition) is 6. The van der Waals surface area contributed by atoms with E-state index in [1.54, 1.807) is 36.4 Å². The molecular formula is C20H17FO5S. The first-order valence-electron chi connectivity index (χ1n) is 8.08. The van der Waals surface area contributed by atoms with E-state index in [0.717, 1.165) is 5.56 Å². The highest BCUT2D eigenvalue weighted by Gasteiger charge is 2.21. The van der Waals surface area contributed by atoms with E-state index in [-0.39, 0.29) is 13.2 Å². The summed E-state index contributed by atoms with van der Waals surface area (Å²) in [6.07, 6.45) is 0. The summed E-state index contributed by atoms with van der Waals surface area (Å²) in [6.45, 7) is 0.141. The van der Waals surface area contributed by atoms with Crippen molar-refractivity contribution in [3.05, 3.63) is 69.8 Å². The lowest BCUT2D eigenvalue weighted by Gasteiger charge is -2.07. The van der Waals surface area contributed by atoms with Crippen LogP contribution in [0.15, 0.2) is 42.5 Å². The third kappa shape index (κ3) is 3.99. The quantitative estimate of drug-likeness (QED) is 0.588. The van der Waals surface area contributed by atoms with Gasteiger partial charge in [-0.1, -0.05) is 18.2 Å². The lowest BCUT2D eigenvalue weighted by Crippen LogP contribution is -2.07. The van der Waals surface area contributed by atoms with Crippen LogP contribution in [0.1, 0.15) is 31.2 Å². The second-order valence-electron chi connectivity index (χ2n) is 5.72. The molecule has 0 unspecified atom stereocenters. The summed E-state index contributed by atoms with van der Waals surface area (Å²) in [5.41, 5.74) is 1.62. The molecule has 7 heteroatoms. The smallest absolute Gasteiger partial charge is 0.349 e. The van der Waals surface area contributed by atoms with Gasteiger partial charge in [-0.2, -0.15) is 0 Å². The van der Waals surface area contributed by atoms with Crippen LogP contribution in [0, 0.1) is 5.82 Å². The van der Waals surface area contributed by atoms with Crippen molar-refractivity contribution in [1.29, 1.82) is 0 Å². The highest BCUT2D eigenvalue weighted by atomic mass is 32.1. The molecule has 5 nitrogen and oxygen atoms in total. The molecule has 1 heterocycles. The molecule has 1 aromatic heterocycles. The van der Waals surface area contributed by atoms with Gasteiger partial charge in [0.15, 0.2) is 0 Å². The van der Waals surface area contributed by atoms with Crippen molar-refractivity contribution in [2.75, 3.05) is 14.2 Å². The number of methoxy groups -OCH3 is 2. The van der Waals surface area contributed by atoms with E-state index in [4.69, 9.17) is 9.47 Å². The monoisotopic (exact) mass is 388 g/mol. The summed E-state index contributed by atoms with van der Waals surface area (Å²) in [7, 11) is 2.80. The SMILES string of the molecule is COCc1c(C(=O)OCc2ccc(C(=O)OC)cc2)sc2cccc(F)c12. The molecule has 0 atom stereocenters. The summed E-state index contributed by atoms with van der Waals surface area (Å²) in [5.74, 6) is -1.37. The van der Waals surface area contributed by atoms with Gasteiger partial charge in [0.1, 0.15) is 17.3 Å². The van der Waals surface area contributed by atoms with Crippen LogP contribution in [-0.4, -0.2) is 26.2 Å². The molecule has 0 N–H and O–H groups in total. The first kappa shape index (κ1) is 19.0. The predicted octanol–water partition coefficient (Wildman–Crippen LogP) is 4.33. The Morgan fingerprint density at radius 1 is 1.00 bits per heavy atom. The normalized spacial score (nSPS) is 10.8.